The number of aromatic nitrogens is 1. The number of hydrogen-bond acceptors (Lipinski definition) is 5. The van der Waals surface area contributed by atoms with Crippen molar-refractivity contribution < 1.29 is 9.36 Å². The molecule has 0 unspecified atom stereocenters. The fraction of sp³-hybridized carbons (Fsp3) is 0.263. The Balaban J connectivity index is 1.58. The van der Waals surface area contributed by atoms with Crippen LogP contribution in [-0.4, -0.2) is 15.8 Å². The number of oxime groups is 1. The summed E-state index contributed by atoms with van der Waals surface area (Å²) in [6, 6.07) is 16.5. The number of fused-ring (bicyclic) bond motifs is 1. The van der Waals surface area contributed by atoms with Crippen molar-refractivity contribution in [3.8, 4) is 11.1 Å². The van der Waals surface area contributed by atoms with Crippen molar-refractivity contribution in [3.63, 3.8) is 0 Å². The van der Waals surface area contributed by atoms with E-state index in [9.17, 15) is 0 Å². The third-order valence-corrected chi connectivity index (χ3v) is 4.97. The van der Waals surface area contributed by atoms with Gasteiger partial charge < -0.3 is 9.36 Å². The Bertz CT molecular complexity index is 900. The molecule has 0 fully saturated rings. The van der Waals surface area contributed by atoms with Crippen molar-refractivity contribution in [1.82, 2.24) is 5.16 Å². The van der Waals surface area contributed by atoms with E-state index in [1.807, 2.05) is 38.1 Å². The third-order valence-electron chi connectivity index (χ3n) is 4.00. The fourth-order valence-electron chi connectivity index (χ4n) is 2.74. The maximum atomic E-state index is 5.46. The molecular weight excluding hydrogens is 320 g/mol. The number of thioether (sulfide) groups is 1. The lowest BCUT2D eigenvalue weighted by Crippen LogP contribution is -2.18. The molecule has 4 rings (SSSR count). The molecule has 5 heteroatoms. The molecule has 1 aromatic heterocycles. The maximum absolute atomic E-state index is 5.46. The Morgan fingerprint density at radius 2 is 1.92 bits per heavy atom. The van der Waals surface area contributed by atoms with Crippen LogP contribution in [0.3, 0.4) is 0 Å². The summed E-state index contributed by atoms with van der Waals surface area (Å²) in [5, 5.41) is 10.5. The third kappa shape index (κ3) is 3.04. The van der Waals surface area contributed by atoms with Crippen molar-refractivity contribution in [2.24, 2.45) is 5.16 Å². The lowest BCUT2D eigenvalue weighted by atomic mass is 10.0. The molecule has 1 aliphatic rings. The van der Waals surface area contributed by atoms with Crippen LogP contribution in [0.1, 0.15) is 26.0 Å². The van der Waals surface area contributed by atoms with Crippen LogP contribution in [-0.2, 0) is 10.6 Å². The Morgan fingerprint density at radius 3 is 2.67 bits per heavy atom. The molecule has 0 radical (unpaired) electrons. The summed E-state index contributed by atoms with van der Waals surface area (Å²) >= 11 is 1.66. The second-order valence-electron chi connectivity index (χ2n) is 6.51. The lowest BCUT2D eigenvalue weighted by Gasteiger charge is -2.12. The second-order valence-corrected chi connectivity index (χ2v) is 7.56. The van der Waals surface area contributed by atoms with E-state index in [1.165, 1.54) is 11.1 Å². The highest BCUT2D eigenvalue weighted by atomic mass is 32.2. The number of rotatable bonds is 3. The molecule has 0 saturated heterocycles. The van der Waals surface area contributed by atoms with Gasteiger partial charge in [-0.25, -0.2) is 0 Å². The van der Waals surface area contributed by atoms with Gasteiger partial charge in [-0.1, -0.05) is 46.7 Å². The molecule has 0 bridgehead atoms. The van der Waals surface area contributed by atoms with E-state index in [2.05, 4.69) is 34.6 Å². The van der Waals surface area contributed by atoms with Crippen LogP contribution < -0.4 is 0 Å². The minimum absolute atomic E-state index is 0.200. The van der Waals surface area contributed by atoms with E-state index in [4.69, 9.17) is 9.36 Å². The van der Waals surface area contributed by atoms with Gasteiger partial charge in [0.05, 0.1) is 0 Å². The molecule has 0 aliphatic carbocycles. The van der Waals surface area contributed by atoms with Gasteiger partial charge in [0.15, 0.2) is 5.58 Å². The number of benzene rings is 2. The first kappa shape index (κ1) is 15.3. The summed E-state index contributed by atoms with van der Waals surface area (Å²) in [6.07, 6.45) is 0.836. The highest BCUT2D eigenvalue weighted by Gasteiger charge is 2.29. The zero-order valence-corrected chi connectivity index (χ0v) is 14.5. The van der Waals surface area contributed by atoms with Crippen LogP contribution in [0.5, 0.6) is 0 Å². The smallest absolute Gasteiger partial charge is 0.167 e. The number of hydrogen-bond donors (Lipinski definition) is 0. The summed E-state index contributed by atoms with van der Waals surface area (Å²) in [5.41, 5.74) is 3.92. The molecular formula is C19H18N2O2S. The Hall–Kier alpha value is -2.27. The molecule has 2 aromatic carbocycles. The predicted octanol–water partition coefficient (Wildman–Crippen LogP) is 5.24. The fourth-order valence-corrected chi connectivity index (χ4v) is 3.79. The van der Waals surface area contributed by atoms with Crippen molar-refractivity contribution in [2.45, 2.75) is 31.6 Å². The van der Waals surface area contributed by atoms with Crippen LogP contribution >= 0.6 is 11.8 Å². The van der Waals surface area contributed by atoms with E-state index >= 15 is 0 Å². The minimum Gasteiger partial charge on any atom is -0.389 e. The molecule has 122 valence electrons. The quantitative estimate of drug-likeness (QED) is 0.655. The van der Waals surface area contributed by atoms with E-state index in [1.54, 1.807) is 11.8 Å². The minimum atomic E-state index is -0.200. The Morgan fingerprint density at radius 1 is 1.08 bits per heavy atom. The maximum Gasteiger partial charge on any atom is 0.167 e. The van der Waals surface area contributed by atoms with E-state index in [0.717, 1.165) is 33.9 Å². The molecule has 0 atom stereocenters. The first-order valence-electron chi connectivity index (χ1n) is 7.92. The Kier molecular flexibility index (Phi) is 3.81. The van der Waals surface area contributed by atoms with Gasteiger partial charge >= 0.3 is 0 Å². The van der Waals surface area contributed by atoms with Gasteiger partial charge in [-0.3, -0.25) is 0 Å². The van der Waals surface area contributed by atoms with Gasteiger partial charge in [-0.05, 0) is 37.1 Å². The largest absolute Gasteiger partial charge is 0.389 e. The van der Waals surface area contributed by atoms with E-state index < -0.39 is 0 Å². The zero-order valence-electron chi connectivity index (χ0n) is 13.7. The SMILES string of the molecule is CC1(C)CC(SCc2noc3ccc(-c4ccccc4)cc23)=NO1. The second kappa shape index (κ2) is 5.98. The van der Waals surface area contributed by atoms with Crippen molar-refractivity contribution >= 4 is 27.8 Å². The Labute approximate surface area is 144 Å². The normalized spacial score (nSPS) is 16.2. The molecule has 0 amide bonds. The molecule has 24 heavy (non-hydrogen) atoms. The summed E-state index contributed by atoms with van der Waals surface area (Å²) in [7, 11) is 0. The average molecular weight is 338 g/mol. The monoisotopic (exact) mass is 338 g/mol. The molecule has 0 N–H and O–H groups in total. The van der Waals surface area contributed by atoms with Gasteiger partial charge in [-0.2, -0.15) is 0 Å². The zero-order chi connectivity index (χ0) is 16.6. The summed E-state index contributed by atoms with van der Waals surface area (Å²) in [4.78, 5) is 5.41. The summed E-state index contributed by atoms with van der Waals surface area (Å²) in [6.45, 7) is 4.09. The molecule has 4 nitrogen and oxygen atoms in total. The first-order valence-corrected chi connectivity index (χ1v) is 8.91. The van der Waals surface area contributed by atoms with Crippen LogP contribution in [0.2, 0.25) is 0 Å². The molecule has 1 aliphatic heterocycles. The first-order chi connectivity index (χ1) is 11.6. The number of nitrogens with zero attached hydrogens (tertiary/aromatic N) is 2. The highest BCUT2D eigenvalue weighted by molar-refractivity contribution is 8.13. The molecule has 3 aromatic rings. The average Bonchev–Trinajstić information content (AvgIpc) is 3.16. The predicted molar refractivity (Wildman–Crippen MR) is 98.0 cm³/mol. The van der Waals surface area contributed by atoms with Crippen LogP contribution in [0.15, 0.2) is 58.2 Å². The molecule has 2 heterocycles. The van der Waals surface area contributed by atoms with Gasteiger partial charge in [-0.15, -0.1) is 11.8 Å². The van der Waals surface area contributed by atoms with Crippen molar-refractivity contribution in [3.05, 3.63) is 54.2 Å². The van der Waals surface area contributed by atoms with Crippen LogP contribution in [0.4, 0.5) is 0 Å². The summed E-state index contributed by atoms with van der Waals surface area (Å²) < 4.78 is 5.46. The van der Waals surface area contributed by atoms with E-state index in [-0.39, 0.29) is 5.60 Å². The van der Waals surface area contributed by atoms with Crippen molar-refractivity contribution in [1.29, 1.82) is 0 Å². The standard InChI is InChI=1S/C19H18N2O2S/c1-19(2)11-18(21-23-19)24-12-16-15-10-14(8-9-17(15)22-20-16)13-6-4-3-5-7-13/h3-10H,11-12H2,1-2H3. The molecule has 0 saturated carbocycles. The van der Waals surface area contributed by atoms with Gasteiger partial charge in [0, 0.05) is 17.6 Å². The lowest BCUT2D eigenvalue weighted by molar-refractivity contribution is 0.0123. The van der Waals surface area contributed by atoms with Crippen LogP contribution in [0.25, 0.3) is 22.1 Å². The summed E-state index contributed by atoms with van der Waals surface area (Å²) in [5.74, 6) is 0.726. The van der Waals surface area contributed by atoms with E-state index in [0.29, 0.717) is 0 Å². The van der Waals surface area contributed by atoms with Crippen LogP contribution in [0, 0.1) is 0 Å². The highest BCUT2D eigenvalue weighted by Crippen LogP contribution is 2.32. The molecule has 0 spiro atoms. The van der Waals surface area contributed by atoms with Crippen molar-refractivity contribution in [2.75, 3.05) is 0 Å². The van der Waals surface area contributed by atoms with Gasteiger partial charge in [0.25, 0.3) is 0 Å². The van der Waals surface area contributed by atoms with Gasteiger partial charge in [0.1, 0.15) is 16.3 Å². The topological polar surface area (TPSA) is 47.6 Å². The van der Waals surface area contributed by atoms with Gasteiger partial charge in [0.2, 0.25) is 0 Å².